The van der Waals surface area contributed by atoms with Crippen molar-refractivity contribution in [2.75, 3.05) is 24.7 Å². The molecule has 1 aromatic carbocycles. The van der Waals surface area contributed by atoms with Crippen LogP contribution in [0.5, 0.6) is 0 Å². The third-order valence-electron chi connectivity index (χ3n) is 3.91. The normalized spacial score (nSPS) is 10.3. The molecule has 0 aliphatic carbocycles. The van der Waals surface area contributed by atoms with E-state index in [2.05, 4.69) is 15.6 Å². The molecule has 148 valence electrons. The topological polar surface area (TPSA) is 97.4 Å². The van der Waals surface area contributed by atoms with Crippen molar-refractivity contribution in [3.8, 4) is 0 Å². The Morgan fingerprint density at radius 1 is 1.11 bits per heavy atom. The number of nitrogens with zero attached hydrogens (tertiary/aromatic N) is 1. The van der Waals surface area contributed by atoms with E-state index in [1.54, 1.807) is 24.6 Å². The third kappa shape index (κ3) is 5.82. The summed E-state index contributed by atoms with van der Waals surface area (Å²) in [7, 11) is 0. The van der Waals surface area contributed by atoms with Crippen molar-refractivity contribution in [3.05, 3.63) is 52.7 Å². The van der Waals surface area contributed by atoms with E-state index in [1.165, 1.54) is 11.8 Å². The van der Waals surface area contributed by atoms with Gasteiger partial charge in [0, 0.05) is 11.9 Å². The maximum atomic E-state index is 12.1. The number of carbonyl (C=O) groups is 3. The van der Waals surface area contributed by atoms with Gasteiger partial charge in [0.1, 0.15) is 5.03 Å². The Bertz CT molecular complexity index is 876. The first-order valence-corrected chi connectivity index (χ1v) is 9.84. The molecule has 0 saturated heterocycles. The van der Waals surface area contributed by atoms with E-state index in [0.29, 0.717) is 10.6 Å². The lowest BCUT2D eigenvalue weighted by molar-refractivity contribution is -0.126. The van der Waals surface area contributed by atoms with Gasteiger partial charge >= 0.3 is 5.97 Å². The predicted octanol–water partition coefficient (Wildman–Crippen LogP) is 2.64. The number of nitrogens with one attached hydrogen (secondary N) is 2. The van der Waals surface area contributed by atoms with Crippen LogP contribution < -0.4 is 10.6 Å². The average Bonchev–Trinajstić information content (AvgIpc) is 2.67. The molecule has 2 N–H and O–H groups in total. The molecule has 2 amide bonds. The minimum atomic E-state index is -0.636. The number of thioether (sulfide) groups is 1. The molecular formula is C20H23N3O4S. The lowest BCUT2D eigenvalue weighted by Crippen LogP contribution is -2.35. The molecule has 2 aromatic rings. The maximum absolute atomic E-state index is 12.1. The molecule has 2 rings (SSSR count). The number of benzene rings is 1. The number of amides is 2. The molecule has 0 atom stereocenters. The van der Waals surface area contributed by atoms with Crippen molar-refractivity contribution >= 4 is 35.2 Å². The highest BCUT2D eigenvalue weighted by atomic mass is 32.2. The second-order valence-electron chi connectivity index (χ2n) is 6.23. The molecule has 0 saturated carbocycles. The molecule has 0 radical (unpaired) electrons. The maximum Gasteiger partial charge on any atom is 0.341 e. The highest BCUT2D eigenvalue weighted by Crippen LogP contribution is 2.21. The lowest BCUT2D eigenvalue weighted by atomic mass is 10.1. The van der Waals surface area contributed by atoms with Crippen LogP contribution in [-0.2, 0) is 14.3 Å². The van der Waals surface area contributed by atoms with E-state index in [1.807, 2.05) is 32.9 Å². The van der Waals surface area contributed by atoms with Crippen molar-refractivity contribution in [3.63, 3.8) is 0 Å². The fraction of sp³-hybridized carbons (Fsp3) is 0.300. The Labute approximate surface area is 168 Å². The van der Waals surface area contributed by atoms with Crippen LogP contribution in [0.3, 0.4) is 0 Å². The molecule has 8 heteroatoms. The molecule has 0 unspecified atom stereocenters. The fourth-order valence-corrected chi connectivity index (χ4v) is 3.25. The number of aromatic nitrogens is 1. The SMILES string of the molecule is CSc1ncccc1C(=O)OCC(=O)NCC(=O)Nc1c(C)cc(C)cc1C. The van der Waals surface area contributed by atoms with Gasteiger partial charge in [-0.05, 0) is 50.3 Å². The molecule has 0 bridgehead atoms. The van der Waals surface area contributed by atoms with Crippen LogP contribution in [0.25, 0.3) is 0 Å². The number of esters is 1. The number of anilines is 1. The minimum absolute atomic E-state index is 0.216. The van der Waals surface area contributed by atoms with Crippen molar-refractivity contribution in [1.82, 2.24) is 10.3 Å². The number of hydrogen-bond donors (Lipinski definition) is 2. The highest BCUT2D eigenvalue weighted by molar-refractivity contribution is 7.98. The first kappa shape index (κ1) is 21.4. The second-order valence-corrected chi connectivity index (χ2v) is 7.03. The Morgan fingerprint density at radius 2 is 1.79 bits per heavy atom. The Morgan fingerprint density at radius 3 is 2.43 bits per heavy atom. The highest BCUT2D eigenvalue weighted by Gasteiger charge is 2.15. The summed E-state index contributed by atoms with van der Waals surface area (Å²) in [5.41, 5.74) is 4.05. The summed E-state index contributed by atoms with van der Waals surface area (Å²) in [6.45, 7) is 5.12. The lowest BCUT2D eigenvalue weighted by Gasteiger charge is -2.13. The molecular weight excluding hydrogens is 378 g/mol. The van der Waals surface area contributed by atoms with E-state index >= 15 is 0 Å². The Balaban J connectivity index is 1.82. The molecule has 7 nitrogen and oxygen atoms in total. The van der Waals surface area contributed by atoms with Gasteiger partial charge in [-0.2, -0.15) is 0 Å². The first-order chi connectivity index (χ1) is 13.3. The monoisotopic (exact) mass is 401 g/mol. The van der Waals surface area contributed by atoms with Crippen LogP contribution in [0.4, 0.5) is 5.69 Å². The van der Waals surface area contributed by atoms with Crippen LogP contribution in [0.2, 0.25) is 0 Å². The minimum Gasteiger partial charge on any atom is -0.452 e. The van der Waals surface area contributed by atoms with Gasteiger partial charge in [-0.1, -0.05) is 17.7 Å². The van der Waals surface area contributed by atoms with Crippen LogP contribution >= 0.6 is 11.8 Å². The number of aryl methyl sites for hydroxylation is 3. The van der Waals surface area contributed by atoms with Gasteiger partial charge in [-0.15, -0.1) is 11.8 Å². The Hall–Kier alpha value is -2.87. The quantitative estimate of drug-likeness (QED) is 0.547. The van der Waals surface area contributed by atoms with Crippen molar-refractivity contribution in [2.45, 2.75) is 25.8 Å². The van der Waals surface area contributed by atoms with Crippen molar-refractivity contribution in [1.29, 1.82) is 0 Å². The molecule has 0 aliphatic heterocycles. The summed E-state index contributed by atoms with van der Waals surface area (Å²) in [6.07, 6.45) is 3.37. The smallest absolute Gasteiger partial charge is 0.341 e. The molecule has 28 heavy (non-hydrogen) atoms. The summed E-state index contributed by atoms with van der Waals surface area (Å²) in [5.74, 6) is -1.55. The molecule has 1 heterocycles. The number of hydrogen-bond acceptors (Lipinski definition) is 6. The zero-order valence-electron chi connectivity index (χ0n) is 16.3. The van der Waals surface area contributed by atoms with E-state index in [-0.39, 0.29) is 12.5 Å². The summed E-state index contributed by atoms with van der Waals surface area (Å²) >= 11 is 1.31. The Kier molecular flexibility index (Phi) is 7.57. The zero-order valence-corrected chi connectivity index (χ0v) is 17.1. The van der Waals surface area contributed by atoms with Gasteiger partial charge in [0.05, 0.1) is 12.1 Å². The summed E-state index contributed by atoms with van der Waals surface area (Å²) < 4.78 is 5.00. The number of pyridine rings is 1. The predicted molar refractivity (Wildman–Crippen MR) is 109 cm³/mol. The summed E-state index contributed by atoms with van der Waals surface area (Å²) in [5, 5.41) is 5.76. The number of ether oxygens (including phenoxy) is 1. The number of carbonyl (C=O) groups excluding carboxylic acids is 3. The average molecular weight is 401 g/mol. The van der Waals surface area contributed by atoms with Crippen molar-refractivity contribution < 1.29 is 19.1 Å². The van der Waals surface area contributed by atoms with Gasteiger partial charge < -0.3 is 15.4 Å². The van der Waals surface area contributed by atoms with Crippen LogP contribution in [0.15, 0.2) is 35.5 Å². The summed E-state index contributed by atoms with van der Waals surface area (Å²) in [4.78, 5) is 40.1. The van der Waals surface area contributed by atoms with E-state index < -0.39 is 18.5 Å². The van der Waals surface area contributed by atoms with Crippen LogP contribution in [0, 0.1) is 20.8 Å². The number of rotatable bonds is 7. The van der Waals surface area contributed by atoms with E-state index in [9.17, 15) is 14.4 Å². The molecule has 0 aliphatic rings. The molecule has 1 aromatic heterocycles. The van der Waals surface area contributed by atoms with Crippen LogP contribution in [-0.4, -0.2) is 42.2 Å². The first-order valence-electron chi connectivity index (χ1n) is 8.62. The van der Waals surface area contributed by atoms with Gasteiger partial charge in [0.25, 0.3) is 5.91 Å². The zero-order chi connectivity index (χ0) is 20.7. The summed E-state index contributed by atoms with van der Waals surface area (Å²) in [6, 6.07) is 7.15. The van der Waals surface area contributed by atoms with Crippen LogP contribution in [0.1, 0.15) is 27.0 Å². The van der Waals surface area contributed by atoms with Gasteiger partial charge in [0.2, 0.25) is 5.91 Å². The van der Waals surface area contributed by atoms with E-state index in [0.717, 1.165) is 22.4 Å². The second kappa shape index (κ2) is 9.89. The molecule has 0 fully saturated rings. The van der Waals surface area contributed by atoms with Crippen molar-refractivity contribution in [2.24, 2.45) is 0 Å². The fourth-order valence-electron chi connectivity index (χ4n) is 2.71. The van der Waals surface area contributed by atoms with E-state index in [4.69, 9.17) is 4.74 Å². The largest absolute Gasteiger partial charge is 0.452 e. The third-order valence-corrected chi connectivity index (χ3v) is 4.62. The van der Waals surface area contributed by atoms with Gasteiger partial charge in [-0.3, -0.25) is 9.59 Å². The molecule has 0 spiro atoms. The standard InChI is InChI=1S/C20H23N3O4S/c1-12-8-13(2)18(14(3)9-12)23-16(24)10-22-17(25)11-27-20(26)15-6-5-7-21-19(15)28-4/h5-9H,10-11H2,1-4H3,(H,22,25)(H,23,24). The van der Waals surface area contributed by atoms with Gasteiger partial charge in [-0.25, -0.2) is 9.78 Å². The van der Waals surface area contributed by atoms with Gasteiger partial charge in [0.15, 0.2) is 6.61 Å².